The largest absolute Gasteiger partial charge is 0.346 e. The van der Waals surface area contributed by atoms with Crippen molar-refractivity contribution in [2.24, 2.45) is 5.92 Å². The molecule has 0 aliphatic carbocycles. The second-order valence-corrected chi connectivity index (χ2v) is 6.16. The zero-order valence-electron chi connectivity index (χ0n) is 14.5. The standard InChI is InChI=1S/C19H22FN3O2/c1-12(2)17(23-18(24)14-8-4-5-9-15(14)20)19(25)22-13(3)16-10-6-7-11-21-16/h4-13,17H,1-3H3,(H,22,25)(H,23,24). The molecule has 2 atom stereocenters. The van der Waals surface area contributed by atoms with Gasteiger partial charge in [0.25, 0.3) is 5.91 Å². The smallest absolute Gasteiger partial charge is 0.254 e. The molecule has 0 aliphatic heterocycles. The van der Waals surface area contributed by atoms with Crippen LogP contribution in [0.4, 0.5) is 4.39 Å². The van der Waals surface area contributed by atoms with Gasteiger partial charge in [-0.15, -0.1) is 0 Å². The van der Waals surface area contributed by atoms with Crippen molar-refractivity contribution < 1.29 is 14.0 Å². The first kappa shape index (κ1) is 18.6. The molecule has 0 fully saturated rings. The molecule has 0 aliphatic rings. The number of nitrogens with one attached hydrogen (secondary N) is 2. The number of carbonyl (C=O) groups is 2. The molecule has 6 heteroatoms. The van der Waals surface area contributed by atoms with Crippen LogP contribution >= 0.6 is 0 Å². The van der Waals surface area contributed by atoms with E-state index in [1.54, 1.807) is 18.3 Å². The molecule has 0 radical (unpaired) electrons. The topological polar surface area (TPSA) is 71.1 Å². The van der Waals surface area contributed by atoms with Crippen molar-refractivity contribution in [3.63, 3.8) is 0 Å². The fraction of sp³-hybridized carbons (Fsp3) is 0.316. The van der Waals surface area contributed by atoms with Crippen molar-refractivity contribution in [2.45, 2.75) is 32.9 Å². The Morgan fingerprint density at radius 1 is 1.00 bits per heavy atom. The number of hydrogen-bond donors (Lipinski definition) is 2. The quantitative estimate of drug-likeness (QED) is 0.847. The summed E-state index contributed by atoms with van der Waals surface area (Å²) in [6, 6.07) is 10.0. The van der Waals surface area contributed by atoms with Crippen molar-refractivity contribution in [3.8, 4) is 0 Å². The molecule has 0 bridgehead atoms. The minimum absolute atomic E-state index is 0.0845. The summed E-state index contributed by atoms with van der Waals surface area (Å²) < 4.78 is 13.8. The number of hydrogen-bond acceptors (Lipinski definition) is 3. The van der Waals surface area contributed by atoms with Crippen LogP contribution < -0.4 is 10.6 Å². The van der Waals surface area contributed by atoms with Crippen LogP contribution in [0.25, 0.3) is 0 Å². The van der Waals surface area contributed by atoms with E-state index in [0.717, 1.165) is 5.69 Å². The van der Waals surface area contributed by atoms with Gasteiger partial charge in [0, 0.05) is 6.20 Å². The van der Waals surface area contributed by atoms with Crippen LogP contribution in [-0.2, 0) is 4.79 Å². The summed E-state index contributed by atoms with van der Waals surface area (Å²) in [5, 5.41) is 5.46. The number of rotatable bonds is 6. The Kier molecular flexibility index (Phi) is 6.22. The van der Waals surface area contributed by atoms with Gasteiger partial charge in [0.15, 0.2) is 0 Å². The van der Waals surface area contributed by atoms with E-state index in [-0.39, 0.29) is 23.4 Å². The maximum Gasteiger partial charge on any atom is 0.254 e. The molecule has 0 saturated carbocycles. The van der Waals surface area contributed by atoms with Crippen LogP contribution in [0.1, 0.15) is 42.9 Å². The first-order valence-electron chi connectivity index (χ1n) is 8.17. The minimum Gasteiger partial charge on any atom is -0.346 e. The summed E-state index contributed by atoms with van der Waals surface area (Å²) in [6.07, 6.45) is 1.65. The lowest BCUT2D eigenvalue weighted by Gasteiger charge is -2.24. The predicted octanol–water partition coefficient (Wildman–Crippen LogP) is 2.85. The fourth-order valence-electron chi connectivity index (χ4n) is 2.41. The SMILES string of the molecule is CC(NC(=O)C(NC(=O)c1ccccc1F)C(C)C)c1ccccn1. The average Bonchev–Trinajstić information content (AvgIpc) is 2.60. The highest BCUT2D eigenvalue weighted by Gasteiger charge is 2.27. The van der Waals surface area contributed by atoms with Crippen molar-refractivity contribution in [3.05, 3.63) is 65.7 Å². The maximum atomic E-state index is 13.8. The fourth-order valence-corrected chi connectivity index (χ4v) is 2.41. The van der Waals surface area contributed by atoms with Gasteiger partial charge in [-0.25, -0.2) is 4.39 Å². The summed E-state index contributed by atoms with van der Waals surface area (Å²) in [7, 11) is 0. The van der Waals surface area contributed by atoms with Gasteiger partial charge in [0.05, 0.1) is 17.3 Å². The van der Waals surface area contributed by atoms with Gasteiger partial charge in [0.2, 0.25) is 5.91 Å². The number of halogens is 1. The molecule has 2 amide bonds. The van der Waals surface area contributed by atoms with Crippen molar-refractivity contribution >= 4 is 11.8 Å². The minimum atomic E-state index is -0.779. The number of nitrogens with zero attached hydrogens (tertiary/aromatic N) is 1. The molecule has 0 spiro atoms. The van der Waals surface area contributed by atoms with Crippen molar-refractivity contribution in [1.29, 1.82) is 0 Å². The lowest BCUT2D eigenvalue weighted by Crippen LogP contribution is -2.50. The molecule has 25 heavy (non-hydrogen) atoms. The number of carbonyl (C=O) groups excluding carboxylic acids is 2. The third-order valence-electron chi connectivity index (χ3n) is 3.84. The van der Waals surface area contributed by atoms with Crippen LogP contribution in [0.2, 0.25) is 0 Å². The van der Waals surface area contributed by atoms with E-state index >= 15 is 0 Å². The molecule has 1 heterocycles. The molecule has 1 aromatic carbocycles. The van der Waals surface area contributed by atoms with Gasteiger partial charge in [-0.3, -0.25) is 14.6 Å². The van der Waals surface area contributed by atoms with E-state index in [2.05, 4.69) is 15.6 Å². The Morgan fingerprint density at radius 3 is 2.28 bits per heavy atom. The number of benzene rings is 1. The molecule has 2 N–H and O–H groups in total. The van der Waals surface area contributed by atoms with Crippen LogP contribution in [0.15, 0.2) is 48.7 Å². The van der Waals surface area contributed by atoms with Crippen LogP contribution in [0, 0.1) is 11.7 Å². The van der Waals surface area contributed by atoms with Gasteiger partial charge in [-0.1, -0.05) is 32.0 Å². The van der Waals surface area contributed by atoms with Crippen LogP contribution in [0.3, 0.4) is 0 Å². The third-order valence-corrected chi connectivity index (χ3v) is 3.84. The Hall–Kier alpha value is -2.76. The van der Waals surface area contributed by atoms with Gasteiger partial charge in [-0.2, -0.15) is 0 Å². The maximum absolute atomic E-state index is 13.8. The molecule has 1 aromatic heterocycles. The average molecular weight is 343 g/mol. The predicted molar refractivity (Wildman–Crippen MR) is 93.3 cm³/mol. The number of aromatic nitrogens is 1. The normalized spacial score (nSPS) is 13.2. The number of amides is 2. The summed E-state index contributed by atoms with van der Waals surface area (Å²) in [6.45, 7) is 5.45. The monoisotopic (exact) mass is 343 g/mol. The molecule has 0 saturated heterocycles. The summed E-state index contributed by atoms with van der Waals surface area (Å²) in [4.78, 5) is 29.1. The summed E-state index contributed by atoms with van der Waals surface area (Å²) in [5.41, 5.74) is 0.637. The highest BCUT2D eigenvalue weighted by Crippen LogP contribution is 2.12. The second-order valence-electron chi connectivity index (χ2n) is 6.16. The molecule has 2 unspecified atom stereocenters. The summed E-state index contributed by atoms with van der Waals surface area (Å²) >= 11 is 0. The highest BCUT2D eigenvalue weighted by molar-refractivity contribution is 5.97. The Morgan fingerprint density at radius 2 is 1.68 bits per heavy atom. The van der Waals surface area contributed by atoms with E-state index in [1.807, 2.05) is 32.9 Å². The Labute approximate surface area is 146 Å². The van der Waals surface area contributed by atoms with E-state index < -0.39 is 17.8 Å². The lowest BCUT2D eigenvalue weighted by molar-refractivity contribution is -0.124. The molecule has 2 aromatic rings. The second kappa shape index (κ2) is 8.37. The summed E-state index contributed by atoms with van der Waals surface area (Å²) in [5.74, 6) is -1.73. The van der Waals surface area contributed by atoms with Crippen LogP contribution in [-0.4, -0.2) is 22.8 Å². The van der Waals surface area contributed by atoms with Crippen molar-refractivity contribution in [2.75, 3.05) is 0 Å². The molecule has 5 nitrogen and oxygen atoms in total. The zero-order valence-corrected chi connectivity index (χ0v) is 14.5. The molecular weight excluding hydrogens is 321 g/mol. The first-order valence-corrected chi connectivity index (χ1v) is 8.17. The highest BCUT2D eigenvalue weighted by atomic mass is 19.1. The Balaban J connectivity index is 2.08. The van der Waals surface area contributed by atoms with E-state index in [9.17, 15) is 14.0 Å². The van der Waals surface area contributed by atoms with Crippen molar-refractivity contribution in [1.82, 2.24) is 15.6 Å². The van der Waals surface area contributed by atoms with Gasteiger partial charge in [-0.05, 0) is 37.1 Å². The van der Waals surface area contributed by atoms with E-state index in [1.165, 1.54) is 18.2 Å². The lowest BCUT2D eigenvalue weighted by atomic mass is 10.0. The number of pyridine rings is 1. The zero-order chi connectivity index (χ0) is 18.4. The van der Waals surface area contributed by atoms with E-state index in [0.29, 0.717) is 0 Å². The first-order chi connectivity index (χ1) is 11.9. The molecular formula is C19H22FN3O2. The van der Waals surface area contributed by atoms with Gasteiger partial charge < -0.3 is 10.6 Å². The molecule has 132 valence electrons. The van der Waals surface area contributed by atoms with Gasteiger partial charge in [0.1, 0.15) is 11.9 Å². The van der Waals surface area contributed by atoms with E-state index in [4.69, 9.17) is 0 Å². The van der Waals surface area contributed by atoms with Gasteiger partial charge >= 0.3 is 0 Å². The van der Waals surface area contributed by atoms with Crippen LogP contribution in [0.5, 0.6) is 0 Å². The Bertz CT molecular complexity index is 734. The third kappa shape index (κ3) is 4.86. The molecule has 2 rings (SSSR count).